The summed E-state index contributed by atoms with van der Waals surface area (Å²) in [4.78, 5) is 13.2. The number of fused-ring (bicyclic) bond motifs is 1. The molecule has 5 heteroatoms. The molecule has 70 valence electrons. The summed E-state index contributed by atoms with van der Waals surface area (Å²) in [6, 6.07) is 1.85. The molecule has 0 saturated carbocycles. The molecule has 2 rings (SSSR count). The Labute approximate surface area is 84.6 Å². The van der Waals surface area contributed by atoms with E-state index in [1.54, 1.807) is 18.1 Å². The van der Waals surface area contributed by atoms with E-state index in [2.05, 4.69) is 21.0 Å². The molecular formula is C8H10BrN3O. The summed E-state index contributed by atoms with van der Waals surface area (Å²) in [6.07, 6.45) is 2.51. The predicted octanol–water partition coefficient (Wildman–Crippen LogP) is 1.01. The van der Waals surface area contributed by atoms with Gasteiger partial charge in [-0.05, 0) is 6.42 Å². The molecule has 1 aliphatic rings. The third kappa shape index (κ3) is 1.37. The van der Waals surface area contributed by atoms with Gasteiger partial charge < -0.3 is 0 Å². The number of aromatic nitrogens is 2. The first-order valence-corrected chi connectivity index (χ1v) is 5.05. The van der Waals surface area contributed by atoms with E-state index in [1.807, 2.05) is 10.7 Å². The summed E-state index contributed by atoms with van der Waals surface area (Å²) in [5.74, 6) is 0.964. The van der Waals surface area contributed by atoms with E-state index in [9.17, 15) is 4.79 Å². The normalized spacial score (nSPS) is 22.8. The van der Waals surface area contributed by atoms with Gasteiger partial charge in [0, 0.05) is 19.7 Å². The van der Waals surface area contributed by atoms with Crippen molar-refractivity contribution in [2.24, 2.45) is 0 Å². The number of aryl methyl sites for hydroxylation is 1. The summed E-state index contributed by atoms with van der Waals surface area (Å²) in [5.41, 5.74) is 0. The molecule has 1 aromatic heterocycles. The lowest BCUT2D eigenvalue weighted by Crippen LogP contribution is -2.32. The van der Waals surface area contributed by atoms with E-state index < -0.39 is 0 Å². The maximum absolute atomic E-state index is 11.6. The lowest BCUT2D eigenvalue weighted by atomic mass is 10.3. The van der Waals surface area contributed by atoms with Gasteiger partial charge in [0.1, 0.15) is 5.82 Å². The fraction of sp³-hybridized carbons (Fsp3) is 0.500. The van der Waals surface area contributed by atoms with Gasteiger partial charge in [0.05, 0.1) is 11.0 Å². The molecule has 1 aliphatic heterocycles. The molecule has 0 bridgehead atoms. The van der Waals surface area contributed by atoms with E-state index >= 15 is 0 Å². The lowest BCUT2D eigenvalue weighted by molar-refractivity contribution is -0.117. The molecule has 1 amide bonds. The summed E-state index contributed by atoms with van der Waals surface area (Å²) in [6.45, 7) is 0.786. The summed E-state index contributed by atoms with van der Waals surface area (Å²) < 4.78 is 1.85. The van der Waals surface area contributed by atoms with Crippen molar-refractivity contribution in [2.75, 3.05) is 11.9 Å². The molecule has 0 spiro atoms. The first-order chi connectivity index (χ1) is 6.20. The van der Waals surface area contributed by atoms with Crippen molar-refractivity contribution >= 4 is 27.7 Å². The standard InChI is InChI=1S/C8H10BrN3O/c1-11-7-2-4-10-12(7)5-3-6(9)8(11)13/h2,4,6H,3,5H2,1H3. The van der Waals surface area contributed by atoms with Crippen molar-refractivity contribution in [2.45, 2.75) is 17.8 Å². The van der Waals surface area contributed by atoms with E-state index in [4.69, 9.17) is 0 Å². The fourth-order valence-electron chi connectivity index (χ4n) is 1.47. The Morgan fingerprint density at radius 1 is 1.69 bits per heavy atom. The van der Waals surface area contributed by atoms with Gasteiger partial charge >= 0.3 is 0 Å². The van der Waals surface area contributed by atoms with Crippen LogP contribution in [0.2, 0.25) is 0 Å². The number of carbonyl (C=O) groups is 1. The molecule has 1 aromatic rings. The zero-order chi connectivity index (χ0) is 9.42. The molecule has 1 unspecified atom stereocenters. The van der Waals surface area contributed by atoms with Crippen LogP contribution >= 0.6 is 15.9 Å². The number of hydrogen-bond donors (Lipinski definition) is 0. The minimum atomic E-state index is -0.0841. The second-order valence-corrected chi connectivity index (χ2v) is 4.17. The van der Waals surface area contributed by atoms with E-state index in [-0.39, 0.29) is 10.7 Å². The number of amides is 1. The molecule has 0 saturated heterocycles. The SMILES string of the molecule is CN1C(=O)C(Br)CCn2nccc21. The van der Waals surface area contributed by atoms with Crippen LogP contribution in [0.5, 0.6) is 0 Å². The van der Waals surface area contributed by atoms with Crippen LogP contribution in [-0.4, -0.2) is 27.6 Å². The minimum Gasteiger partial charge on any atom is -0.299 e. The largest absolute Gasteiger partial charge is 0.299 e. The van der Waals surface area contributed by atoms with Crippen molar-refractivity contribution in [3.05, 3.63) is 12.3 Å². The Morgan fingerprint density at radius 2 is 2.46 bits per heavy atom. The van der Waals surface area contributed by atoms with Crippen molar-refractivity contribution < 1.29 is 4.79 Å². The molecule has 0 aromatic carbocycles. The molecule has 4 nitrogen and oxygen atoms in total. The van der Waals surface area contributed by atoms with Gasteiger partial charge in [0.2, 0.25) is 5.91 Å². The van der Waals surface area contributed by atoms with Crippen LogP contribution in [0.1, 0.15) is 6.42 Å². The van der Waals surface area contributed by atoms with Gasteiger partial charge in [0.25, 0.3) is 0 Å². The van der Waals surface area contributed by atoms with Crippen molar-refractivity contribution in [1.29, 1.82) is 0 Å². The average Bonchev–Trinajstić information content (AvgIpc) is 2.56. The Kier molecular flexibility index (Phi) is 2.11. The second-order valence-electron chi connectivity index (χ2n) is 3.07. The highest BCUT2D eigenvalue weighted by Gasteiger charge is 2.25. The highest BCUT2D eigenvalue weighted by atomic mass is 79.9. The summed E-state index contributed by atoms with van der Waals surface area (Å²) in [7, 11) is 1.77. The molecule has 0 aliphatic carbocycles. The Bertz CT molecular complexity index is 336. The van der Waals surface area contributed by atoms with Gasteiger partial charge in [-0.1, -0.05) is 15.9 Å². The van der Waals surface area contributed by atoms with Gasteiger partial charge in [-0.3, -0.25) is 9.69 Å². The summed E-state index contributed by atoms with van der Waals surface area (Å²) in [5, 5.41) is 4.14. The third-order valence-electron chi connectivity index (χ3n) is 2.23. The minimum absolute atomic E-state index is 0.0841. The Balaban J connectivity index is 2.40. The lowest BCUT2D eigenvalue weighted by Gasteiger charge is -2.15. The van der Waals surface area contributed by atoms with Crippen molar-refractivity contribution in [3.8, 4) is 0 Å². The van der Waals surface area contributed by atoms with Crippen LogP contribution in [-0.2, 0) is 11.3 Å². The molecule has 13 heavy (non-hydrogen) atoms. The molecule has 2 heterocycles. The first-order valence-electron chi connectivity index (χ1n) is 4.13. The van der Waals surface area contributed by atoms with Crippen molar-refractivity contribution in [1.82, 2.24) is 9.78 Å². The molecule has 0 radical (unpaired) electrons. The van der Waals surface area contributed by atoms with Gasteiger partial charge in [0.15, 0.2) is 0 Å². The fourth-order valence-corrected chi connectivity index (χ4v) is 1.98. The smallest absolute Gasteiger partial charge is 0.241 e. The number of carbonyl (C=O) groups excluding carboxylic acids is 1. The maximum atomic E-state index is 11.6. The zero-order valence-electron chi connectivity index (χ0n) is 7.27. The van der Waals surface area contributed by atoms with Crippen molar-refractivity contribution in [3.63, 3.8) is 0 Å². The van der Waals surface area contributed by atoms with Gasteiger partial charge in [-0.2, -0.15) is 5.10 Å². The summed E-state index contributed by atoms with van der Waals surface area (Å²) >= 11 is 3.36. The van der Waals surface area contributed by atoms with E-state index in [1.165, 1.54) is 0 Å². The molecule has 0 fully saturated rings. The van der Waals surface area contributed by atoms with E-state index in [0.717, 1.165) is 18.8 Å². The van der Waals surface area contributed by atoms with Crippen LogP contribution in [0.25, 0.3) is 0 Å². The van der Waals surface area contributed by atoms with Crippen LogP contribution in [0.4, 0.5) is 5.82 Å². The molecule has 0 N–H and O–H groups in total. The van der Waals surface area contributed by atoms with E-state index in [0.29, 0.717) is 0 Å². The maximum Gasteiger partial charge on any atom is 0.241 e. The Hall–Kier alpha value is -0.840. The number of rotatable bonds is 0. The number of hydrogen-bond acceptors (Lipinski definition) is 2. The highest BCUT2D eigenvalue weighted by Crippen LogP contribution is 2.21. The second kappa shape index (κ2) is 3.14. The number of halogens is 1. The van der Waals surface area contributed by atoms with Crippen LogP contribution in [0.3, 0.4) is 0 Å². The Morgan fingerprint density at radius 3 is 3.23 bits per heavy atom. The quantitative estimate of drug-likeness (QED) is 0.639. The third-order valence-corrected chi connectivity index (χ3v) is 3.08. The first kappa shape index (κ1) is 8.74. The zero-order valence-corrected chi connectivity index (χ0v) is 8.86. The number of alkyl halides is 1. The van der Waals surface area contributed by atoms with Crippen LogP contribution < -0.4 is 4.90 Å². The van der Waals surface area contributed by atoms with Crippen LogP contribution in [0.15, 0.2) is 12.3 Å². The number of nitrogens with zero attached hydrogens (tertiary/aromatic N) is 3. The van der Waals surface area contributed by atoms with Gasteiger partial charge in [-0.15, -0.1) is 0 Å². The average molecular weight is 244 g/mol. The number of anilines is 1. The van der Waals surface area contributed by atoms with Crippen LogP contribution in [0, 0.1) is 0 Å². The topological polar surface area (TPSA) is 38.1 Å². The van der Waals surface area contributed by atoms with Gasteiger partial charge in [-0.25, -0.2) is 4.68 Å². The molecule has 1 atom stereocenters. The monoisotopic (exact) mass is 243 g/mol. The predicted molar refractivity (Wildman–Crippen MR) is 53.0 cm³/mol. The molecular weight excluding hydrogens is 234 g/mol. The highest BCUT2D eigenvalue weighted by molar-refractivity contribution is 9.10.